The van der Waals surface area contributed by atoms with Crippen LogP contribution in [0.5, 0.6) is 11.8 Å². The van der Waals surface area contributed by atoms with Crippen LogP contribution in [0, 0.1) is 40.5 Å². The quantitative estimate of drug-likeness (QED) is 0.0784. The molecule has 81 heavy (non-hydrogen) atoms. The van der Waals surface area contributed by atoms with Crippen LogP contribution < -0.4 is 44.4 Å². The standard InChI is InChI=1S/2C19H16F2N4O2S.C18H16N4O2S/c2*1-11-9-12(5-7-14(11)22-4)24-16(26)19(2,3)25(18(24)28)13-6-8-15(23-10-13)27-17(20)21;1-11-9-12(5-7-14(11)19-4)21-16(24)18(2,3)22(17(21)25)13-6-8-15(23)20-10-13/h2*5-10,17H,1-3H3;5-10H,1-3H3,(H,20,23). The molecule has 3 aliphatic rings. The first-order valence-corrected chi connectivity index (χ1v) is 25.3. The third kappa shape index (κ3) is 11.6. The van der Waals surface area contributed by atoms with Gasteiger partial charge in [-0.25, -0.2) is 24.5 Å². The van der Waals surface area contributed by atoms with Crippen LogP contribution >= 0.6 is 36.7 Å². The minimum atomic E-state index is -2.97. The molecule has 3 saturated heterocycles. The summed E-state index contributed by atoms with van der Waals surface area (Å²) in [5, 5.41) is 0.792. The number of hydrogen-bond acceptors (Lipinski definition) is 11. The molecule has 25 heteroatoms. The highest BCUT2D eigenvalue weighted by Gasteiger charge is 2.53. The Morgan fingerprint density at radius 2 is 0.778 bits per heavy atom. The monoisotopic (exact) mass is 1160 g/mol. The van der Waals surface area contributed by atoms with E-state index in [2.05, 4.69) is 39.0 Å². The Kier molecular flexibility index (Phi) is 17.1. The topological polar surface area (TPSA) is 161 Å². The summed E-state index contributed by atoms with van der Waals surface area (Å²) in [4.78, 5) is 80.4. The Bertz CT molecular complexity index is 3550. The van der Waals surface area contributed by atoms with E-state index in [0.29, 0.717) is 56.3 Å². The minimum absolute atomic E-state index is 0.168. The summed E-state index contributed by atoms with van der Waals surface area (Å²) in [7, 11) is 0. The van der Waals surface area contributed by atoms with E-state index in [-0.39, 0.29) is 45.3 Å². The number of nitrogens with zero attached hydrogens (tertiary/aromatic N) is 11. The molecule has 0 saturated carbocycles. The first-order valence-electron chi connectivity index (χ1n) is 24.1. The van der Waals surface area contributed by atoms with E-state index in [1.807, 2.05) is 6.92 Å². The summed E-state index contributed by atoms with van der Waals surface area (Å²) in [6, 6.07) is 23.9. The highest BCUT2D eigenvalue weighted by molar-refractivity contribution is 7.81. The number of alkyl halides is 4. The van der Waals surface area contributed by atoms with Gasteiger partial charge < -0.3 is 29.2 Å². The van der Waals surface area contributed by atoms with E-state index in [1.165, 1.54) is 57.4 Å². The summed E-state index contributed by atoms with van der Waals surface area (Å²) in [5.74, 6) is -1.12. The number of halogens is 4. The fourth-order valence-corrected chi connectivity index (χ4v) is 10.5. The van der Waals surface area contributed by atoms with Crippen molar-refractivity contribution in [2.75, 3.05) is 29.4 Å². The number of carbonyl (C=O) groups excluding carboxylic acids is 3. The van der Waals surface area contributed by atoms with Gasteiger partial charge in [0.1, 0.15) is 16.6 Å². The van der Waals surface area contributed by atoms with Crippen molar-refractivity contribution in [3.63, 3.8) is 0 Å². The number of H-pyrrole nitrogens is 1. The van der Waals surface area contributed by atoms with E-state index in [9.17, 15) is 36.7 Å². The number of anilines is 6. The zero-order valence-corrected chi connectivity index (χ0v) is 47.1. The fourth-order valence-electron chi connectivity index (χ4n) is 8.95. The Labute approximate surface area is 479 Å². The lowest BCUT2D eigenvalue weighted by atomic mass is 10.0. The maximum atomic E-state index is 13.1. The van der Waals surface area contributed by atoms with Crippen molar-refractivity contribution >= 4 is 121 Å². The lowest BCUT2D eigenvalue weighted by Crippen LogP contribution is -2.44. The first-order chi connectivity index (χ1) is 38.1. The zero-order valence-electron chi connectivity index (χ0n) is 44.7. The summed E-state index contributed by atoms with van der Waals surface area (Å²) in [6.45, 7) is 31.3. The van der Waals surface area contributed by atoms with Gasteiger partial charge in [-0.1, -0.05) is 18.2 Å². The molecule has 6 aromatic rings. The van der Waals surface area contributed by atoms with E-state index >= 15 is 0 Å². The largest absolute Gasteiger partial charge is 0.417 e. The Morgan fingerprint density at radius 3 is 1.02 bits per heavy atom. The molecule has 1 N–H and O–H groups in total. The molecule has 414 valence electrons. The predicted molar refractivity (Wildman–Crippen MR) is 311 cm³/mol. The second-order valence-electron chi connectivity index (χ2n) is 19.6. The van der Waals surface area contributed by atoms with Crippen LogP contribution in [-0.2, 0) is 14.4 Å². The van der Waals surface area contributed by atoms with Crippen LogP contribution in [0.3, 0.4) is 0 Å². The maximum absolute atomic E-state index is 13.1. The van der Waals surface area contributed by atoms with Crippen molar-refractivity contribution in [3.8, 4) is 11.8 Å². The minimum Gasteiger partial charge on any atom is -0.417 e. The number of benzene rings is 3. The van der Waals surface area contributed by atoms with Crippen LogP contribution in [0.2, 0.25) is 0 Å². The van der Waals surface area contributed by atoms with Gasteiger partial charge in [0, 0.05) is 41.5 Å². The van der Waals surface area contributed by atoms with Crippen molar-refractivity contribution in [2.24, 2.45) is 0 Å². The van der Waals surface area contributed by atoms with Gasteiger partial charge in [-0.15, -0.1) is 0 Å². The second kappa shape index (κ2) is 23.2. The van der Waals surface area contributed by atoms with Gasteiger partial charge in [0.05, 0.1) is 49.2 Å². The molecule has 3 fully saturated rings. The van der Waals surface area contributed by atoms with Crippen molar-refractivity contribution in [1.29, 1.82) is 0 Å². The van der Waals surface area contributed by atoms with Crippen molar-refractivity contribution in [2.45, 2.75) is 92.2 Å². The average molecular weight is 1160 g/mol. The van der Waals surface area contributed by atoms with Gasteiger partial charge in [0.2, 0.25) is 17.3 Å². The Hall–Kier alpha value is -9.22. The van der Waals surface area contributed by atoms with Crippen LogP contribution in [0.1, 0.15) is 58.2 Å². The SMILES string of the molecule is [C-]#[N+]c1ccc(N2C(=O)C(C)(C)N(c3ccc(=O)[nH]c3)C2=S)cc1C.[C-]#[N+]c1ccc(N2C(=O)C(C)(C)N(c3ccc(OC(F)F)nc3)C2=S)cc1C.[C-]#[N+]c1ccc(N2C(=O)C(C)(C)N(c3ccc(OC(F)F)nc3)C2=S)cc1C. The number of aromatic nitrogens is 3. The molecule has 0 unspecified atom stereocenters. The summed E-state index contributed by atoms with van der Waals surface area (Å²) >= 11 is 16.7. The summed E-state index contributed by atoms with van der Waals surface area (Å²) in [5.41, 5.74) is 3.94. The molecule has 3 aromatic heterocycles. The van der Waals surface area contributed by atoms with E-state index in [4.69, 9.17) is 56.4 Å². The molecule has 18 nitrogen and oxygen atoms in total. The van der Waals surface area contributed by atoms with Gasteiger partial charge in [-0.05, 0) is 170 Å². The number of amides is 3. The molecule has 0 bridgehead atoms. The molecule has 0 spiro atoms. The smallest absolute Gasteiger partial charge is 0.388 e. The Morgan fingerprint density at radius 1 is 0.481 bits per heavy atom. The van der Waals surface area contributed by atoms with E-state index in [0.717, 1.165) is 16.7 Å². The van der Waals surface area contributed by atoms with Crippen LogP contribution in [0.4, 0.5) is 68.7 Å². The van der Waals surface area contributed by atoms with Crippen LogP contribution in [-0.4, -0.2) is 77.9 Å². The molecule has 3 aromatic carbocycles. The lowest BCUT2D eigenvalue weighted by Gasteiger charge is -2.29. The molecule has 3 amide bonds. The van der Waals surface area contributed by atoms with Gasteiger partial charge in [0.15, 0.2) is 32.4 Å². The van der Waals surface area contributed by atoms with Crippen molar-refractivity contribution < 1.29 is 41.4 Å². The number of carbonyl (C=O) groups is 3. The second-order valence-corrected chi connectivity index (χ2v) is 20.7. The molecular weight excluding hydrogens is 1110 g/mol. The number of thiocarbonyl (C=S) groups is 3. The van der Waals surface area contributed by atoms with Gasteiger partial charge in [-0.2, -0.15) is 17.6 Å². The highest BCUT2D eigenvalue weighted by Crippen LogP contribution is 2.41. The fraction of sp³-hybridized carbons (Fsp3) is 0.250. The number of hydrogen-bond donors (Lipinski definition) is 1. The molecular formula is C56H48F4N12O6S3. The van der Waals surface area contributed by atoms with E-state index < -0.39 is 29.8 Å². The van der Waals surface area contributed by atoms with Gasteiger partial charge in [0.25, 0.3) is 17.7 Å². The first kappa shape index (κ1) is 59.4. The number of nitrogens with one attached hydrogen (secondary N) is 1. The number of aromatic amines is 1. The predicted octanol–water partition coefficient (Wildman–Crippen LogP) is 12.1. The number of rotatable bonds is 10. The van der Waals surface area contributed by atoms with Crippen LogP contribution in [0.25, 0.3) is 14.5 Å². The number of pyridine rings is 3. The van der Waals surface area contributed by atoms with Crippen LogP contribution in [0.15, 0.2) is 114 Å². The zero-order chi connectivity index (χ0) is 59.6. The third-order valence-corrected chi connectivity index (χ3v) is 14.2. The summed E-state index contributed by atoms with van der Waals surface area (Å²) in [6.07, 6.45) is 4.20. The normalized spacial score (nSPS) is 16.0. The molecule has 6 heterocycles. The van der Waals surface area contributed by atoms with Gasteiger partial charge in [-0.3, -0.25) is 33.9 Å². The average Bonchev–Trinajstić information content (AvgIpc) is 2.55. The number of ether oxygens (including phenoxy) is 2. The third-order valence-electron chi connectivity index (χ3n) is 13.1. The molecule has 0 aliphatic carbocycles. The van der Waals surface area contributed by atoms with Crippen molar-refractivity contribution in [1.82, 2.24) is 15.0 Å². The molecule has 0 atom stereocenters. The van der Waals surface area contributed by atoms with E-state index in [1.54, 1.807) is 137 Å². The lowest BCUT2D eigenvalue weighted by molar-refractivity contribution is -0.121. The summed E-state index contributed by atoms with van der Waals surface area (Å²) < 4.78 is 57.8. The molecule has 3 aliphatic heterocycles. The Balaban J connectivity index is 0.000000176. The highest BCUT2D eigenvalue weighted by atomic mass is 32.1. The molecule has 0 radical (unpaired) electrons. The maximum Gasteiger partial charge on any atom is 0.388 e. The molecule has 9 rings (SSSR count). The van der Waals surface area contributed by atoms with Gasteiger partial charge >= 0.3 is 13.2 Å². The number of aryl methyl sites for hydroxylation is 3. The van der Waals surface area contributed by atoms with Crippen molar-refractivity contribution in [3.05, 3.63) is 171 Å².